The Labute approximate surface area is 59.2 Å². The second-order valence-corrected chi connectivity index (χ2v) is 2.90. The van der Waals surface area contributed by atoms with Gasteiger partial charge >= 0.3 is 0 Å². The van der Waals surface area contributed by atoms with E-state index in [0.29, 0.717) is 6.42 Å². The summed E-state index contributed by atoms with van der Waals surface area (Å²) in [5.74, 6) is -0.638. The van der Waals surface area contributed by atoms with Crippen LogP contribution in [0.4, 0.5) is 0 Å². The van der Waals surface area contributed by atoms with E-state index in [0.717, 1.165) is 25.7 Å². The highest BCUT2D eigenvalue weighted by molar-refractivity contribution is 5.87. The van der Waals surface area contributed by atoms with Crippen molar-refractivity contribution in [2.24, 2.45) is 0 Å². The van der Waals surface area contributed by atoms with E-state index >= 15 is 0 Å². The van der Waals surface area contributed by atoms with Crippen molar-refractivity contribution < 1.29 is 14.6 Å². The fourth-order valence-corrected chi connectivity index (χ4v) is 1.38. The molecule has 1 aliphatic carbocycles. The Hall–Kier alpha value is -0.410. The molecule has 2 aliphatic rings. The van der Waals surface area contributed by atoms with Gasteiger partial charge in [-0.15, -0.1) is 0 Å². The molecule has 0 radical (unpaired) electrons. The van der Waals surface area contributed by atoms with Gasteiger partial charge in [0.2, 0.25) is 0 Å². The molecule has 0 amide bonds. The van der Waals surface area contributed by atoms with Crippen LogP contribution in [0.15, 0.2) is 0 Å². The van der Waals surface area contributed by atoms with Crippen LogP contribution < -0.4 is 0 Å². The van der Waals surface area contributed by atoms with Crippen LogP contribution in [0.5, 0.6) is 0 Å². The molecule has 0 N–H and O–H groups in total. The van der Waals surface area contributed by atoms with Crippen LogP contribution in [0.1, 0.15) is 32.1 Å². The fraction of sp³-hybridized carbons (Fsp3) is 0.857. The molecule has 56 valence electrons. The Balaban J connectivity index is 2.09. The third-order valence-corrected chi connectivity index (χ3v) is 2.12. The van der Waals surface area contributed by atoms with E-state index in [9.17, 15) is 4.79 Å². The highest BCUT2D eigenvalue weighted by atomic mass is 17.4. The first-order chi connectivity index (χ1) is 4.83. The third kappa shape index (κ3) is 0.859. The molecule has 1 saturated carbocycles. The van der Waals surface area contributed by atoms with Gasteiger partial charge in [-0.1, -0.05) is 6.42 Å². The molecule has 1 heterocycles. The Morgan fingerprint density at radius 2 is 2.00 bits per heavy atom. The molecule has 0 bridgehead atoms. The van der Waals surface area contributed by atoms with Crippen molar-refractivity contribution in [1.82, 2.24) is 0 Å². The first-order valence-electron chi connectivity index (χ1n) is 3.74. The predicted octanol–water partition coefficient (Wildman–Crippen LogP) is 1.18. The summed E-state index contributed by atoms with van der Waals surface area (Å²) in [4.78, 5) is 20.5. The van der Waals surface area contributed by atoms with Crippen LogP contribution in [0.2, 0.25) is 0 Å². The minimum absolute atomic E-state index is 0.130. The van der Waals surface area contributed by atoms with Crippen molar-refractivity contribution in [1.29, 1.82) is 0 Å². The van der Waals surface area contributed by atoms with Crippen molar-refractivity contribution in [3.8, 4) is 0 Å². The molecule has 0 aromatic rings. The molecule has 0 atom stereocenters. The summed E-state index contributed by atoms with van der Waals surface area (Å²) in [5, 5.41) is 0. The average molecular weight is 142 g/mol. The molecular weight excluding hydrogens is 132 g/mol. The second-order valence-electron chi connectivity index (χ2n) is 2.90. The quantitative estimate of drug-likeness (QED) is 0.376. The highest BCUT2D eigenvalue weighted by Crippen LogP contribution is 2.39. The van der Waals surface area contributed by atoms with E-state index in [4.69, 9.17) is 0 Å². The van der Waals surface area contributed by atoms with Crippen LogP contribution in [0, 0.1) is 0 Å². The molecule has 10 heavy (non-hydrogen) atoms. The van der Waals surface area contributed by atoms with Crippen LogP contribution >= 0.6 is 0 Å². The van der Waals surface area contributed by atoms with Crippen molar-refractivity contribution in [3.63, 3.8) is 0 Å². The van der Waals surface area contributed by atoms with Crippen molar-refractivity contribution in [2.45, 2.75) is 37.9 Å². The van der Waals surface area contributed by atoms with E-state index in [1.165, 1.54) is 0 Å². The maximum Gasteiger partial charge on any atom is 0.291 e. The second kappa shape index (κ2) is 2.04. The van der Waals surface area contributed by atoms with Gasteiger partial charge in [-0.05, 0) is 12.8 Å². The van der Waals surface area contributed by atoms with E-state index in [-0.39, 0.29) is 5.78 Å². The van der Waals surface area contributed by atoms with E-state index < -0.39 is 5.79 Å². The Bertz CT molecular complexity index is 160. The molecule has 2 rings (SSSR count). The zero-order valence-electron chi connectivity index (χ0n) is 5.76. The number of rotatable bonds is 0. The smallest absolute Gasteiger partial charge is 0.291 e. The largest absolute Gasteiger partial charge is 0.293 e. The van der Waals surface area contributed by atoms with Crippen molar-refractivity contribution in [3.05, 3.63) is 0 Å². The van der Waals surface area contributed by atoms with Gasteiger partial charge in [0.1, 0.15) is 0 Å². The van der Waals surface area contributed by atoms with Crippen LogP contribution in [0.3, 0.4) is 0 Å². The number of Topliss-reactive ketones (excluding diaryl/α,β-unsaturated/α-hetero) is 1. The molecule has 3 nitrogen and oxygen atoms in total. The minimum Gasteiger partial charge on any atom is -0.293 e. The molecule has 1 spiro atoms. The van der Waals surface area contributed by atoms with Gasteiger partial charge in [0.05, 0.1) is 0 Å². The van der Waals surface area contributed by atoms with Gasteiger partial charge in [0.15, 0.2) is 5.78 Å². The standard InChI is InChI=1S/C7H10O3/c8-6-4-2-1-3-5-7(6)9-10-7/h1-5H2. The molecule has 1 saturated heterocycles. The number of hydrogen-bond donors (Lipinski definition) is 0. The maximum absolute atomic E-state index is 11.1. The van der Waals surface area contributed by atoms with Gasteiger partial charge in [0.25, 0.3) is 5.79 Å². The molecule has 0 unspecified atom stereocenters. The zero-order chi connectivity index (χ0) is 7.03. The minimum atomic E-state index is -0.767. The maximum atomic E-state index is 11.1. The Morgan fingerprint density at radius 3 is 2.70 bits per heavy atom. The summed E-state index contributed by atoms with van der Waals surface area (Å²) < 4.78 is 0. The molecule has 0 aromatic carbocycles. The summed E-state index contributed by atoms with van der Waals surface area (Å²) in [7, 11) is 0. The lowest BCUT2D eigenvalue weighted by atomic mass is 10.1. The van der Waals surface area contributed by atoms with Gasteiger partial charge in [-0.2, -0.15) is 9.78 Å². The first-order valence-corrected chi connectivity index (χ1v) is 3.74. The number of carbonyl (C=O) groups is 1. The summed E-state index contributed by atoms with van der Waals surface area (Å²) >= 11 is 0. The summed E-state index contributed by atoms with van der Waals surface area (Å²) in [6.45, 7) is 0. The normalized spacial score (nSPS) is 30.2. The molecule has 1 aliphatic heterocycles. The SMILES string of the molecule is O=C1CCCCCC12OO2. The van der Waals surface area contributed by atoms with E-state index in [2.05, 4.69) is 9.78 Å². The lowest BCUT2D eigenvalue weighted by Gasteiger charge is -1.97. The van der Waals surface area contributed by atoms with Gasteiger partial charge < -0.3 is 0 Å². The Morgan fingerprint density at radius 1 is 1.20 bits per heavy atom. The first kappa shape index (κ1) is 6.31. The van der Waals surface area contributed by atoms with Crippen molar-refractivity contribution in [2.75, 3.05) is 0 Å². The summed E-state index contributed by atoms with van der Waals surface area (Å²) in [6, 6.07) is 0. The third-order valence-electron chi connectivity index (χ3n) is 2.12. The fourth-order valence-electron chi connectivity index (χ4n) is 1.38. The van der Waals surface area contributed by atoms with E-state index in [1.54, 1.807) is 0 Å². The van der Waals surface area contributed by atoms with Crippen LogP contribution in [-0.2, 0) is 14.6 Å². The molecule has 0 aromatic heterocycles. The lowest BCUT2D eigenvalue weighted by molar-refractivity contribution is -0.124. The van der Waals surface area contributed by atoms with Crippen molar-refractivity contribution >= 4 is 5.78 Å². The average Bonchev–Trinajstić information content (AvgIpc) is 2.69. The predicted molar refractivity (Wildman–Crippen MR) is 33.0 cm³/mol. The topological polar surface area (TPSA) is 42.1 Å². The summed E-state index contributed by atoms with van der Waals surface area (Å²) in [5.41, 5.74) is 0. The number of carbonyl (C=O) groups excluding carboxylic acids is 1. The monoisotopic (exact) mass is 142 g/mol. The Kier molecular flexibility index (Phi) is 1.28. The number of ketones is 1. The van der Waals surface area contributed by atoms with E-state index in [1.807, 2.05) is 0 Å². The van der Waals surface area contributed by atoms with Crippen LogP contribution in [-0.4, -0.2) is 11.6 Å². The van der Waals surface area contributed by atoms with Gasteiger partial charge in [-0.3, -0.25) is 4.79 Å². The van der Waals surface area contributed by atoms with Gasteiger partial charge in [0, 0.05) is 12.8 Å². The van der Waals surface area contributed by atoms with Crippen LogP contribution in [0.25, 0.3) is 0 Å². The molecule has 2 fully saturated rings. The molecule has 3 heteroatoms. The highest BCUT2D eigenvalue weighted by Gasteiger charge is 2.55. The number of hydrogen-bond acceptors (Lipinski definition) is 3. The lowest BCUT2D eigenvalue weighted by Crippen LogP contribution is -2.21. The van der Waals surface area contributed by atoms with Gasteiger partial charge in [-0.25, -0.2) is 0 Å². The summed E-state index contributed by atoms with van der Waals surface area (Å²) in [6.07, 6.45) is 4.55. The zero-order valence-corrected chi connectivity index (χ0v) is 5.76. The molecular formula is C7H10O3.